The van der Waals surface area contributed by atoms with Gasteiger partial charge in [0, 0.05) is 36.2 Å². The number of nitro groups is 1. The molecule has 1 aliphatic heterocycles. The zero-order chi connectivity index (χ0) is 13.3. The molecule has 0 saturated carbocycles. The Morgan fingerprint density at radius 2 is 1.89 bits per heavy atom. The molecule has 0 radical (unpaired) electrons. The molecule has 98 valence electrons. The van der Waals surface area contributed by atoms with Gasteiger partial charge in [0.15, 0.2) is 0 Å². The number of likely N-dealkylation sites (N-methyl/N-ethyl adjacent to an activating group) is 1. The van der Waals surface area contributed by atoms with Gasteiger partial charge in [-0.15, -0.1) is 0 Å². The van der Waals surface area contributed by atoms with Crippen LogP contribution in [0.3, 0.4) is 0 Å². The van der Waals surface area contributed by atoms with E-state index in [1.165, 1.54) is 0 Å². The van der Waals surface area contributed by atoms with Crippen LogP contribution >= 0.6 is 15.9 Å². The first kappa shape index (κ1) is 13.3. The number of nitrogens with zero attached hydrogens (tertiary/aromatic N) is 3. The Balaban J connectivity index is 2.38. The topological polar surface area (TPSA) is 49.6 Å². The largest absolute Gasteiger partial charge is 0.363 e. The van der Waals surface area contributed by atoms with Crippen LogP contribution in [0.1, 0.15) is 5.56 Å². The molecule has 1 heterocycles. The molecule has 0 spiro atoms. The molecule has 6 heteroatoms. The van der Waals surface area contributed by atoms with Crippen molar-refractivity contribution in [1.29, 1.82) is 0 Å². The van der Waals surface area contributed by atoms with Crippen LogP contribution in [0.15, 0.2) is 16.6 Å². The van der Waals surface area contributed by atoms with E-state index in [2.05, 4.69) is 32.8 Å². The third kappa shape index (κ3) is 2.49. The van der Waals surface area contributed by atoms with Gasteiger partial charge in [0.1, 0.15) is 5.69 Å². The molecule has 0 aliphatic carbocycles. The summed E-state index contributed by atoms with van der Waals surface area (Å²) in [5.41, 5.74) is 1.64. The first-order valence-electron chi connectivity index (χ1n) is 5.87. The van der Waals surface area contributed by atoms with Crippen LogP contribution in [0.2, 0.25) is 0 Å². The molecule has 0 unspecified atom stereocenters. The fourth-order valence-electron chi connectivity index (χ4n) is 2.19. The molecular formula is C12H16BrN3O2. The number of piperazine rings is 1. The highest BCUT2D eigenvalue weighted by atomic mass is 79.9. The Kier molecular flexibility index (Phi) is 3.87. The lowest BCUT2D eigenvalue weighted by atomic mass is 10.1. The van der Waals surface area contributed by atoms with Gasteiger partial charge in [-0.2, -0.15) is 0 Å². The van der Waals surface area contributed by atoms with E-state index in [4.69, 9.17) is 0 Å². The van der Waals surface area contributed by atoms with Crippen LogP contribution in [-0.4, -0.2) is 43.0 Å². The highest BCUT2D eigenvalue weighted by Crippen LogP contribution is 2.36. The molecule has 2 rings (SSSR count). The van der Waals surface area contributed by atoms with E-state index in [9.17, 15) is 10.1 Å². The van der Waals surface area contributed by atoms with E-state index >= 15 is 0 Å². The zero-order valence-corrected chi connectivity index (χ0v) is 12.1. The summed E-state index contributed by atoms with van der Waals surface area (Å²) >= 11 is 3.35. The van der Waals surface area contributed by atoms with Gasteiger partial charge in [-0.05, 0) is 26.1 Å². The molecule has 0 atom stereocenters. The van der Waals surface area contributed by atoms with E-state index in [1.807, 2.05) is 12.1 Å². The maximum atomic E-state index is 11.2. The highest BCUT2D eigenvalue weighted by Gasteiger charge is 2.25. The summed E-state index contributed by atoms with van der Waals surface area (Å²) in [6.45, 7) is 5.32. The van der Waals surface area contributed by atoms with E-state index in [1.54, 1.807) is 6.92 Å². The minimum absolute atomic E-state index is 0.217. The predicted molar refractivity (Wildman–Crippen MR) is 75.2 cm³/mol. The average Bonchev–Trinajstić information content (AvgIpc) is 2.33. The maximum absolute atomic E-state index is 11.2. The second kappa shape index (κ2) is 5.24. The Morgan fingerprint density at radius 3 is 2.44 bits per heavy atom. The number of anilines is 1. The normalized spacial score (nSPS) is 16.9. The molecule has 18 heavy (non-hydrogen) atoms. The molecule has 1 aromatic rings. The smallest absolute Gasteiger partial charge is 0.296 e. The third-order valence-corrected chi connectivity index (χ3v) is 4.23. The van der Waals surface area contributed by atoms with Crippen LogP contribution in [0, 0.1) is 17.0 Å². The number of hydrogen-bond donors (Lipinski definition) is 0. The van der Waals surface area contributed by atoms with Crippen molar-refractivity contribution in [3.8, 4) is 0 Å². The molecule has 1 saturated heterocycles. The van der Waals surface area contributed by atoms with E-state index in [0.717, 1.165) is 36.3 Å². The van der Waals surface area contributed by atoms with Gasteiger partial charge in [0.25, 0.3) is 5.69 Å². The van der Waals surface area contributed by atoms with Crippen LogP contribution in [0.25, 0.3) is 0 Å². The third-order valence-electron chi connectivity index (χ3n) is 3.37. The standard InChI is InChI=1S/C12H16BrN3O2/c1-9-10(13)3-4-11(12(9)16(17)18)15-7-5-14(2)6-8-15/h3-4H,5-8H2,1-2H3. The lowest BCUT2D eigenvalue weighted by molar-refractivity contribution is -0.384. The fraction of sp³-hybridized carbons (Fsp3) is 0.500. The van der Waals surface area contributed by atoms with Gasteiger partial charge < -0.3 is 9.80 Å². The van der Waals surface area contributed by atoms with E-state index in [0.29, 0.717) is 5.56 Å². The molecule has 1 aromatic carbocycles. The van der Waals surface area contributed by atoms with Gasteiger partial charge in [-0.3, -0.25) is 10.1 Å². The van der Waals surface area contributed by atoms with Crippen LogP contribution in [0.4, 0.5) is 11.4 Å². The molecule has 1 aliphatic rings. The van der Waals surface area contributed by atoms with Gasteiger partial charge in [0.05, 0.1) is 4.92 Å². The summed E-state index contributed by atoms with van der Waals surface area (Å²) < 4.78 is 0.784. The predicted octanol–water partition coefficient (Wildman–Crippen LogP) is 2.42. The SMILES string of the molecule is Cc1c(Br)ccc(N2CCN(C)CC2)c1[N+](=O)[O-]. The van der Waals surface area contributed by atoms with Crippen molar-refractivity contribution in [2.75, 3.05) is 38.1 Å². The van der Waals surface area contributed by atoms with E-state index in [-0.39, 0.29) is 10.6 Å². The summed E-state index contributed by atoms with van der Waals surface area (Å²) in [5.74, 6) is 0. The number of nitro benzene ring substituents is 1. The molecule has 0 amide bonds. The first-order chi connectivity index (χ1) is 8.50. The van der Waals surface area contributed by atoms with Crippen molar-refractivity contribution in [2.45, 2.75) is 6.92 Å². The van der Waals surface area contributed by atoms with E-state index < -0.39 is 0 Å². The lowest BCUT2D eigenvalue weighted by Gasteiger charge is -2.33. The monoisotopic (exact) mass is 313 g/mol. The Hall–Kier alpha value is -1.14. The van der Waals surface area contributed by atoms with Gasteiger partial charge >= 0.3 is 0 Å². The summed E-state index contributed by atoms with van der Waals surface area (Å²) in [6.07, 6.45) is 0. The number of rotatable bonds is 2. The van der Waals surface area contributed by atoms with Crippen molar-refractivity contribution < 1.29 is 4.92 Å². The van der Waals surface area contributed by atoms with Crippen molar-refractivity contribution in [1.82, 2.24) is 4.90 Å². The first-order valence-corrected chi connectivity index (χ1v) is 6.67. The minimum Gasteiger partial charge on any atom is -0.363 e. The van der Waals surface area contributed by atoms with Crippen LogP contribution < -0.4 is 4.90 Å². The quantitative estimate of drug-likeness (QED) is 0.621. The second-order valence-electron chi connectivity index (χ2n) is 4.59. The number of halogens is 1. The van der Waals surface area contributed by atoms with Gasteiger partial charge in [-0.25, -0.2) is 0 Å². The highest BCUT2D eigenvalue weighted by molar-refractivity contribution is 9.10. The van der Waals surface area contributed by atoms with Crippen molar-refractivity contribution in [3.63, 3.8) is 0 Å². The van der Waals surface area contributed by atoms with Crippen molar-refractivity contribution in [2.24, 2.45) is 0 Å². The Bertz CT molecular complexity index is 471. The summed E-state index contributed by atoms with van der Waals surface area (Å²) in [7, 11) is 2.07. The fourth-order valence-corrected chi connectivity index (χ4v) is 2.51. The van der Waals surface area contributed by atoms with Crippen LogP contribution in [-0.2, 0) is 0 Å². The average molecular weight is 314 g/mol. The molecular weight excluding hydrogens is 298 g/mol. The number of hydrogen-bond acceptors (Lipinski definition) is 4. The molecule has 0 aromatic heterocycles. The maximum Gasteiger partial charge on any atom is 0.296 e. The van der Waals surface area contributed by atoms with Gasteiger partial charge in [0.2, 0.25) is 0 Å². The summed E-state index contributed by atoms with van der Waals surface area (Å²) in [6, 6.07) is 3.72. The van der Waals surface area contributed by atoms with Crippen LogP contribution in [0.5, 0.6) is 0 Å². The minimum atomic E-state index is -0.284. The number of benzene rings is 1. The lowest BCUT2D eigenvalue weighted by Crippen LogP contribution is -2.44. The molecule has 5 nitrogen and oxygen atoms in total. The summed E-state index contributed by atoms with van der Waals surface area (Å²) in [5, 5.41) is 11.2. The van der Waals surface area contributed by atoms with Crippen molar-refractivity contribution >= 4 is 27.3 Å². The van der Waals surface area contributed by atoms with Crippen molar-refractivity contribution in [3.05, 3.63) is 32.3 Å². The molecule has 0 N–H and O–H groups in total. The van der Waals surface area contributed by atoms with Gasteiger partial charge in [-0.1, -0.05) is 15.9 Å². The molecule has 0 bridgehead atoms. The second-order valence-corrected chi connectivity index (χ2v) is 5.44. The Labute approximate surface area is 115 Å². The zero-order valence-electron chi connectivity index (χ0n) is 10.5. The Morgan fingerprint density at radius 1 is 1.28 bits per heavy atom. The summed E-state index contributed by atoms with van der Waals surface area (Å²) in [4.78, 5) is 15.3. The molecule has 1 fully saturated rings.